The molecule has 2 aromatic heterocycles. The molecule has 0 fully saturated rings. The van der Waals surface area contributed by atoms with Crippen molar-refractivity contribution in [3.63, 3.8) is 0 Å². The summed E-state index contributed by atoms with van der Waals surface area (Å²) in [5.41, 5.74) is 1.77. The molecule has 0 N–H and O–H groups in total. The average Bonchev–Trinajstić information content (AvgIpc) is 2.38. The van der Waals surface area contributed by atoms with Crippen molar-refractivity contribution >= 4 is 12.2 Å². The van der Waals surface area contributed by atoms with Gasteiger partial charge in [0.1, 0.15) is 0 Å². The molecular formula is C12H13N5. The Labute approximate surface area is 99.9 Å². The van der Waals surface area contributed by atoms with Gasteiger partial charge in [0.25, 0.3) is 0 Å². The standard InChI is InChI=1S/C12H13N5/c1-17(2)9-15-12-8-14-7-11(16-12)10-3-5-13-6-4-10/h3-9H,1-2H3/b15-9-. The molecule has 86 valence electrons. The predicted molar refractivity (Wildman–Crippen MR) is 67.1 cm³/mol. The van der Waals surface area contributed by atoms with Gasteiger partial charge in [-0.3, -0.25) is 9.97 Å². The summed E-state index contributed by atoms with van der Waals surface area (Å²) < 4.78 is 0. The number of hydrogen-bond donors (Lipinski definition) is 0. The maximum absolute atomic E-state index is 4.40. The van der Waals surface area contributed by atoms with Gasteiger partial charge in [0.15, 0.2) is 5.82 Å². The largest absolute Gasteiger partial charge is 0.369 e. The van der Waals surface area contributed by atoms with Crippen LogP contribution in [-0.4, -0.2) is 40.3 Å². The van der Waals surface area contributed by atoms with Crippen molar-refractivity contribution in [1.82, 2.24) is 19.9 Å². The minimum absolute atomic E-state index is 0.591. The summed E-state index contributed by atoms with van der Waals surface area (Å²) in [7, 11) is 3.81. The molecule has 0 spiro atoms. The first-order chi connectivity index (χ1) is 8.25. The molecule has 17 heavy (non-hydrogen) atoms. The summed E-state index contributed by atoms with van der Waals surface area (Å²) in [5.74, 6) is 0.591. The SMILES string of the molecule is CN(C)/C=N\c1cncc(-c2ccncc2)n1. The van der Waals surface area contributed by atoms with Gasteiger partial charge in [0, 0.05) is 32.1 Å². The molecule has 0 aliphatic carbocycles. The molecule has 2 aromatic rings. The van der Waals surface area contributed by atoms with Crippen molar-refractivity contribution in [2.45, 2.75) is 0 Å². The smallest absolute Gasteiger partial charge is 0.172 e. The summed E-state index contributed by atoms with van der Waals surface area (Å²) >= 11 is 0. The molecular weight excluding hydrogens is 214 g/mol. The zero-order valence-electron chi connectivity index (χ0n) is 9.78. The van der Waals surface area contributed by atoms with Crippen molar-refractivity contribution in [1.29, 1.82) is 0 Å². The summed E-state index contributed by atoms with van der Waals surface area (Å²) in [6.45, 7) is 0. The van der Waals surface area contributed by atoms with E-state index >= 15 is 0 Å². The third-order valence-corrected chi connectivity index (χ3v) is 2.02. The Morgan fingerprint density at radius 1 is 1.12 bits per heavy atom. The number of nitrogens with zero attached hydrogens (tertiary/aromatic N) is 5. The Morgan fingerprint density at radius 2 is 1.88 bits per heavy atom. The minimum atomic E-state index is 0.591. The molecule has 0 bridgehead atoms. The normalized spacial score (nSPS) is 10.7. The highest BCUT2D eigenvalue weighted by molar-refractivity contribution is 5.62. The second kappa shape index (κ2) is 5.16. The van der Waals surface area contributed by atoms with E-state index in [-0.39, 0.29) is 0 Å². The molecule has 0 saturated heterocycles. The third-order valence-electron chi connectivity index (χ3n) is 2.02. The number of aliphatic imine (C=N–C) groups is 1. The first-order valence-corrected chi connectivity index (χ1v) is 5.19. The second-order valence-corrected chi connectivity index (χ2v) is 3.71. The van der Waals surface area contributed by atoms with Gasteiger partial charge in [-0.1, -0.05) is 0 Å². The van der Waals surface area contributed by atoms with Gasteiger partial charge in [-0.2, -0.15) is 0 Å². The van der Waals surface area contributed by atoms with E-state index in [0.717, 1.165) is 11.3 Å². The lowest BCUT2D eigenvalue weighted by Gasteiger charge is -2.03. The van der Waals surface area contributed by atoms with Crippen molar-refractivity contribution in [2.75, 3.05) is 14.1 Å². The van der Waals surface area contributed by atoms with Crippen LogP contribution in [0, 0.1) is 0 Å². The predicted octanol–water partition coefficient (Wildman–Crippen LogP) is 1.76. The summed E-state index contributed by atoms with van der Waals surface area (Å²) in [6.07, 6.45) is 8.49. The molecule has 5 nitrogen and oxygen atoms in total. The van der Waals surface area contributed by atoms with E-state index in [9.17, 15) is 0 Å². The van der Waals surface area contributed by atoms with Crippen molar-refractivity contribution in [3.05, 3.63) is 36.9 Å². The van der Waals surface area contributed by atoms with Crippen LogP contribution < -0.4 is 0 Å². The Balaban J connectivity index is 2.29. The molecule has 5 heteroatoms. The molecule has 0 atom stereocenters. The van der Waals surface area contributed by atoms with Crippen LogP contribution in [-0.2, 0) is 0 Å². The van der Waals surface area contributed by atoms with Gasteiger partial charge in [-0.25, -0.2) is 9.98 Å². The molecule has 0 aliphatic heterocycles. The first-order valence-electron chi connectivity index (χ1n) is 5.19. The van der Waals surface area contributed by atoms with Crippen LogP contribution in [0.15, 0.2) is 41.9 Å². The van der Waals surface area contributed by atoms with Crippen LogP contribution in [0.25, 0.3) is 11.3 Å². The number of rotatable bonds is 3. The first kappa shape index (κ1) is 11.2. The van der Waals surface area contributed by atoms with Gasteiger partial charge in [0.05, 0.1) is 24.4 Å². The van der Waals surface area contributed by atoms with Crippen LogP contribution in [0.3, 0.4) is 0 Å². The average molecular weight is 227 g/mol. The van der Waals surface area contributed by atoms with Crippen molar-refractivity contribution < 1.29 is 0 Å². The van der Waals surface area contributed by atoms with E-state index in [1.807, 2.05) is 31.1 Å². The fourth-order valence-corrected chi connectivity index (χ4v) is 1.25. The zero-order chi connectivity index (χ0) is 12.1. The molecule has 0 unspecified atom stereocenters. The minimum Gasteiger partial charge on any atom is -0.369 e. The van der Waals surface area contributed by atoms with E-state index in [0.29, 0.717) is 5.82 Å². The maximum Gasteiger partial charge on any atom is 0.172 e. The summed E-state index contributed by atoms with van der Waals surface area (Å²) in [6, 6.07) is 3.78. The molecule has 2 heterocycles. The number of hydrogen-bond acceptors (Lipinski definition) is 4. The van der Waals surface area contributed by atoms with E-state index in [1.165, 1.54) is 0 Å². The van der Waals surface area contributed by atoms with Gasteiger partial charge in [-0.05, 0) is 12.1 Å². The highest BCUT2D eigenvalue weighted by Crippen LogP contribution is 2.17. The Kier molecular flexibility index (Phi) is 3.40. The van der Waals surface area contributed by atoms with Crippen LogP contribution in [0.4, 0.5) is 5.82 Å². The molecule has 0 amide bonds. The number of pyridine rings is 1. The number of aromatic nitrogens is 3. The van der Waals surface area contributed by atoms with Crippen molar-refractivity contribution in [3.8, 4) is 11.3 Å². The fraction of sp³-hybridized carbons (Fsp3) is 0.167. The van der Waals surface area contributed by atoms with Gasteiger partial charge < -0.3 is 4.90 Å². The topological polar surface area (TPSA) is 54.3 Å². The van der Waals surface area contributed by atoms with E-state index < -0.39 is 0 Å². The van der Waals surface area contributed by atoms with Gasteiger partial charge in [-0.15, -0.1) is 0 Å². The van der Waals surface area contributed by atoms with Crippen LogP contribution in [0.5, 0.6) is 0 Å². The summed E-state index contributed by atoms with van der Waals surface area (Å²) in [5, 5.41) is 0. The lowest BCUT2D eigenvalue weighted by atomic mass is 10.2. The van der Waals surface area contributed by atoms with Crippen LogP contribution >= 0.6 is 0 Å². The molecule has 0 aliphatic rings. The van der Waals surface area contributed by atoms with Gasteiger partial charge >= 0.3 is 0 Å². The lowest BCUT2D eigenvalue weighted by molar-refractivity contribution is 0.643. The van der Waals surface area contributed by atoms with E-state index in [4.69, 9.17) is 0 Å². The molecule has 0 radical (unpaired) electrons. The third kappa shape index (κ3) is 3.07. The summed E-state index contributed by atoms with van der Waals surface area (Å²) in [4.78, 5) is 18.5. The van der Waals surface area contributed by atoms with E-state index in [1.54, 1.807) is 31.1 Å². The van der Waals surface area contributed by atoms with E-state index in [2.05, 4.69) is 19.9 Å². The second-order valence-electron chi connectivity index (χ2n) is 3.71. The zero-order valence-corrected chi connectivity index (χ0v) is 9.78. The highest BCUT2D eigenvalue weighted by atomic mass is 15.1. The van der Waals surface area contributed by atoms with Crippen LogP contribution in [0.1, 0.15) is 0 Å². The Morgan fingerprint density at radius 3 is 2.59 bits per heavy atom. The Bertz CT molecular complexity index is 507. The fourth-order valence-electron chi connectivity index (χ4n) is 1.25. The maximum atomic E-state index is 4.40. The monoisotopic (exact) mass is 227 g/mol. The molecule has 2 rings (SSSR count). The Hall–Kier alpha value is -2.30. The van der Waals surface area contributed by atoms with Crippen LogP contribution in [0.2, 0.25) is 0 Å². The van der Waals surface area contributed by atoms with Crippen molar-refractivity contribution in [2.24, 2.45) is 4.99 Å². The quantitative estimate of drug-likeness (QED) is 0.592. The molecule has 0 aromatic carbocycles. The lowest BCUT2D eigenvalue weighted by Crippen LogP contribution is -2.07. The highest BCUT2D eigenvalue weighted by Gasteiger charge is 2.00. The van der Waals surface area contributed by atoms with Gasteiger partial charge in [0.2, 0.25) is 0 Å². The molecule has 0 saturated carbocycles.